The van der Waals surface area contributed by atoms with Gasteiger partial charge in [-0.2, -0.15) is 0 Å². The van der Waals surface area contributed by atoms with Gasteiger partial charge in [0.15, 0.2) is 5.76 Å². The molecule has 0 bridgehead atoms. The highest BCUT2D eigenvalue weighted by Crippen LogP contribution is 2.28. The van der Waals surface area contributed by atoms with Gasteiger partial charge in [0.05, 0.1) is 12.7 Å². The van der Waals surface area contributed by atoms with Gasteiger partial charge in [0.2, 0.25) is 5.89 Å². The summed E-state index contributed by atoms with van der Waals surface area (Å²) in [6, 6.07) is 4.34. The van der Waals surface area contributed by atoms with Gasteiger partial charge in [-0.3, -0.25) is 0 Å². The lowest BCUT2D eigenvalue weighted by Crippen LogP contribution is -2.04. The largest absolute Gasteiger partial charge is 0.439 e. The summed E-state index contributed by atoms with van der Waals surface area (Å²) in [5.41, 5.74) is 4.90. The maximum atomic E-state index is 5.74. The first-order valence-corrected chi connectivity index (χ1v) is 5.79. The zero-order valence-corrected chi connectivity index (χ0v) is 10.8. The van der Waals surface area contributed by atoms with E-state index in [9.17, 15) is 0 Å². The van der Waals surface area contributed by atoms with Crippen molar-refractivity contribution in [1.29, 1.82) is 0 Å². The maximum absolute atomic E-state index is 5.74. The van der Waals surface area contributed by atoms with E-state index < -0.39 is 0 Å². The van der Waals surface area contributed by atoms with E-state index in [1.54, 1.807) is 6.20 Å². The van der Waals surface area contributed by atoms with Gasteiger partial charge in [0, 0.05) is 5.56 Å². The molecule has 3 heteroatoms. The molecule has 1 aromatic carbocycles. The molecular formula is C14H18N2O. The molecule has 0 aliphatic heterocycles. The smallest absolute Gasteiger partial charge is 0.208 e. The van der Waals surface area contributed by atoms with Crippen molar-refractivity contribution in [1.82, 2.24) is 10.3 Å². The van der Waals surface area contributed by atoms with Crippen molar-refractivity contribution in [2.75, 3.05) is 7.05 Å². The van der Waals surface area contributed by atoms with Crippen LogP contribution in [0.15, 0.2) is 22.7 Å². The predicted octanol–water partition coefficient (Wildman–Crippen LogP) is 2.99. The summed E-state index contributed by atoms with van der Waals surface area (Å²) >= 11 is 0. The van der Waals surface area contributed by atoms with Crippen molar-refractivity contribution in [3.05, 3.63) is 40.9 Å². The molecule has 0 amide bonds. The van der Waals surface area contributed by atoms with E-state index in [1.807, 2.05) is 7.05 Å². The normalized spacial score (nSPS) is 10.8. The first-order chi connectivity index (χ1) is 8.11. The van der Waals surface area contributed by atoms with Gasteiger partial charge in [-0.25, -0.2) is 4.98 Å². The molecule has 0 saturated carbocycles. The summed E-state index contributed by atoms with van der Waals surface area (Å²) in [5, 5.41) is 3.03. The molecule has 2 aromatic rings. The topological polar surface area (TPSA) is 38.1 Å². The predicted molar refractivity (Wildman–Crippen MR) is 68.9 cm³/mol. The molecule has 1 N–H and O–H groups in total. The molecule has 0 spiro atoms. The Hall–Kier alpha value is -1.61. The van der Waals surface area contributed by atoms with Gasteiger partial charge >= 0.3 is 0 Å². The van der Waals surface area contributed by atoms with Crippen LogP contribution in [0.4, 0.5) is 0 Å². The Balaban J connectivity index is 2.45. The Labute approximate surface area is 102 Å². The monoisotopic (exact) mass is 230 g/mol. The lowest BCUT2D eigenvalue weighted by atomic mass is 9.98. The third-order valence-electron chi connectivity index (χ3n) is 2.80. The maximum Gasteiger partial charge on any atom is 0.208 e. The first-order valence-electron chi connectivity index (χ1n) is 5.79. The van der Waals surface area contributed by atoms with Crippen LogP contribution in [0, 0.1) is 20.8 Å². The average Bonchev–Trinajstić information content (AvgIpc) is 2.65. The van der Waals surface area contributed by atoms with Crippen LogP contribution in [0.5, 0.6) is 0 Å². The highest BCUT2D eigenvalue weighted by atomic mass is 16.4. The van der Waals surface area contributed by atoms with E-state index in [0.717, 1.165) is 17.2 Å². The minimum atomic E-state index is 0.657. The highest BCUT2D eigenvalue weighted by Gasteiger charge is 2.11. The van der Waals surface area contributed by atoms with E-state index in [4.69, 9.17) is 4.42 Å². The van der Waals surface area contributed by atoms with Gasteiger partial charge in [-0.15, -0.1) is 0 Å². The minimum absolute atomic E-state index is 0.657. The van der Waals surface area contributed by atoms with Crippen molar-refractivity contribution in [2.24, 2.45) is 0 Å². The summed E-state index contributed by atoms with van der Waals surface area (Å²) in [6.07, 6.45) is 1.80. The van der Waals surface area contributed by atoms with Crippen LogP contribution in [0.3, 0.4) is 0 Å². The van der Waals surface area contributed by atoms with Crippen LogP contribution in [0.25, 0.3) is 11.3 Å². The number of hydrogen-bond donors (Lipinski definition) is 1. The fraction of sp³-hybridized carbons (Fsp3) is 0.357. The van der Waals surface area contributed by atoms with Gasteiger partial charge in [0.1, 0.15) is 0 Å². The molecule has 0 aliphatic carbocycles. The van der Waals surface area contributed by atoms with Crippen molar-refractivity contribution in [2.45, 2.75) is 27.3 Å². The second kappa shape index (κ2) is 4.72. The summed E-state index contributed by atoms with van der Waals surface area (Å²) in [4.78, 5) is 4.26. The number of nitrogens with one attached hydrogen (secondary N) is 1. The Bertz CT molecular complexity index is 506. The number of aryl methyl sites for hydroxylation is 3. The molecule has 0 unspecified atom stereocenters. The van der Waals surface area contributed by atoms with Gasteiger partial charge in [-0.1, -0.05) is 17.7 Å². The average molecular weight is 230 g/mol. The first kappa shape index (κ1) is 11.9. The Morgan fingerprint density at radius 2 is 1.82 bits per heavy atom. The van der Waals surface area contributed by atoms with Crippen molar-refractivity contribution < 1.29 is 4.42 Å². The molecule has 0 radical (unpaired) electrons. The van der Waals surface area contributed by atoms with Gasteiger partial charge in [0.25, 0.3) is 0 Å². The Morgan fingerprint density at radius 1 is 1.18 bits per heavy atom. The molecule has 0 aliphatic rings. The minimum Gasteiger partial charge on any atom is -0.439 e. The fourth-order valence-corrected chi connectivity index (χ4v) is 2.23. The van der Waals surface area contributed by atoms with E-state index >= 15 is 0 Å². The fourth-order valence-electron chi connectivity index (χ4n) is 2.23. The van der Waals surface area contributed by atoms with Crippen LogP contribution in [0.1, 0.15) is 22.6 Å². The summed E-state index contributed by atoms with van der Waals surface area (Å²) in [7, 11) is 1.88. The van der Waals surface area contributed by atoms with Gasteiger partial charge < -0.3 is 9.73 Å². The summed E-state index contributed by atoms with van der Waals surface area (Å²) in [5.74, 6) is 1.58. The zero-order valence-electron chi connectivity index (χ0n) is 10.8. The van der Waals surface area contributed by atoms with Crippen LogP contribution >= 0.6 is 0 Å². The third kappa shape index (κ3) is 2.39. The molecule has 0 atom stereocenters. The SMILES string of the molecule is CNCc1ncc(-c2c(C)cc(C)cc2C)o1. The Morgan fingerprint density at radius 3 is 2.41 bits per heavy atom. The number of oxazole rings is 1. The second-order valence-corrected chi connectivity index (χ2v) is 4.42. The molecule has 90 valence electrons. The summed E-state index contributed by atoms with van der Waals surface area (Å²) < 4.78 is 5.74. The molecule has 2 rings (SSSR count). The number of hydrogen-bond acceptors (Lipinski definition) is 3. The number of aromatic nitrogens is 1. The Kier molecular flexibility index (Phi) is 3.29. The molecule has 3 nitrogen and oxygen atoms in total. The van der Waals surface area contributed by atoms with Crippen LogP contribution in [-0.2, 0) is 6.54 Å². The standard InChI is InChI=1S/C14H18N2O/c1-9-5-10(2)14(11(3)6-9)12-7-16-13(17-12)8-15-4/h5-7,15H,8H2,1-4H3. The number of benzene rings is 1. The third-order valence-corrected chi connectivity index (χ3v) is 2.80. The van der Waals surface area contributed by atoms with Crippen LogP contribution < -0.4 is 5.32 Å². The molecule has 1 aromatic heterocycles. The van der Waals surface area contributed by atoms with Crippen molar-refractivity contribution >= 4 is 0 Å². The van der Waals surface area contributed by atoms with Crippen LogP contribution in [-0.4, -0.2) is 12.0 Å². The second-order valence-electron chi connectivity index (χ2n) is 4.42. The number of rotatable bonds is 3. The van der Waals surface area contributed by atoms with E-state index in [1.165, 1.54) is 16.7 Å². The van der Waals surface area contributed by atoms with Crippen LogP contribution in [0.2, 0.25) is 0 Å². The lowest BCUT2D eigenvalue weighted by Gasteiger charge is -2.08. The van der Waals surface area contributed by atoms with E-state index in [2.05, 4.69) is 43.2 Å². The highest BCUT2D eigenvalue weighted by molar-refractivity contribution is 5.66. The molecule has 17 heavy (non-hydrogen) atoms. The van der Waals surface area contributed by atoms with Crippen molar-refractivity contribution in [3.8, 4) is 11.3 Å². The number of nitrogens with zero attached hydrogens (tertiary/aromatic N) is 1. The molecule has 0 saturated heterocycles. The quantitative estimate of drug-likeness (QED) is 0.880. The zero-order chi connectivity index (χ0) is 12.4. The summed E-state index contributed by atoms with van der Waals surface area (Å²) in [6.45, 7) is 6.98. The van der Waals surface area contributed by atoms with Crippen molar-refractivity contribution in [3.63, 3.8) is 0 Å². The van der Waals surface area contributed by atoms with E-state index in [-0.39, 0.29) is 0 Å². The molecule has 0 fully saturated rings. The van der Waals surface area contributed by atoms with Gasteiger partial charge in [-0.05, 0) is 38.9 Å². The van der Waals surface area contributed by atoms with E-state index in [0.29, 0.717) is 6.54 Å². The molecular weight excluding hydrogens is 212 g/mol. The lowest BCUT2D eigenvalue weighted by molar-refractivity contribution is 0.490. The molecule has 1 heterocycles.